The van der Waals surface area contributed by atoms with E-state index >= 15 is 0 Å². The number of carboxylic acid groups (broad SMARTS) is 1. The van der Waals surface area contributed by atoms with Gasteiger partial charge in [0.2, 0.25) is 0 Å². The summed E-state index contributed by atoms with van der Waals surface area (Å²) in [6, 6.07) is 10.4. The van der Waals surface area contributed by atoms with Crippen LogP contribution in [0.4, 0.5) is 0 Å². The van der Waals surface area contributed by atoms with Crippen molar-refractivity contribution >= 4 is 40.9 Å². The molecule has 0 aliphatic carbocycles. The largest absolute Gasteiger partial charge is 0.476 e. The molecule has 0 bridgehead atoms. The minimum absolute atomic E-state index is 0.117. The summed E-state index contributed by atoms with van der Waals surface area (Å²) in [6.45, 7) is 0. The highest BCUT2D eigenvalue weighted by Gasteiger charge is 2.12. The number of nitrogens with zero attached hydrogens (tertiary/aromatic N) is 1. The Balaban J connectivity index is 2.33. The first-order valence-corrected chi connectivity index (χ1v) is 6.47. The molecule has 0 aliphatic heterocycles. The van der Waals surface area contributed by atoms with Crippen LogP contribution < -0.4 is 0 Å². The molecule has 0 amide bonds. The van der Waals surface area contributed by atoms with Gasteiger partial charge in [-0.2, -0.15) is 0 Å². The van der Waals surface area contributed by atoms with Gasteiger partial charge in [-0.1, -0.05) is 47.1 Å². The fraction of sp³-hybridized carbons (Fsp3) is 0. The molecule has 0 fully saturated rings. The molecular formula is C12H7Cl2NO2S. The molecule has 92 valence electrons. The maximum Gasteiger partial charge on any atom is 0.356 e. The van der Waals surface area contributed by atoms with E-state index in [2.05, 4.69) is 4.98 Å². The monoisotopic (exact) mass is 299 g/mol. The van der Waals surface area contributed by atoms with Crippen LogP contribution in [0.5, 0.6) is 0 Å². The van der Waals surface area contributed by atoms with E-state index in [1.165, 1.54) is 17.8 Å². The van der Waals surface area contributed by atoms with Crippen LogP contribution in [-0.2, 0) is 0 Å². The predicted octanol–water partition coefficient (Wildman–Crippen LogP) is 4.24. The molecule has 0 spiro atoms. The number of carboxylic acids is 1. The SMILES string of the molecule is O=C(O)c1nc(Sc2ccccc2Cl)ccc1Cl. The van der Waals surface area contributed by atoms with Crippen LogP contribution in [0, 0.1) is 0 Å². The minimum Gasteiger partial charge on any atom is -0.476 e. The number of hydrogen-bond acceptors (Lipinski definition) is 3. The molecule has 0 saturated carbocycles. The van der Waals surface area contributed by atoms with Gasteiger partial charge in [0, 0.05) is 4.90 Å². The van der Waals surface area contributed by atoms with Crippen molar-refractivity contribution in [3.8, 4) is 0 Å². The lowest BCUT2D eigenvalue weighted by Crippen LogP contribution is -2.01. The number of benzene rings is 1. The highest BCUT2D eigenvalue weighted by molar-refractivity contribution is 7.99. The van der Waals surface area contributed by atoms with E-state index in [9.17, 15) is 4.79 Å². The second-order valence-corrected chi connectivity index (χ2v) is 5.19. The van der Waals surface area contributed by atoms with Gasteiger partial charge in [-0.25, -0.2) is 9.78 Å². The average Bonchev–Trinajstić information content (AvgIpc) is 2.34. The van der Waals surface area contributed by atoms with Gasteiger partial charge in [0.1, 0.15) is 5.03 Å². The zero-order valence-corrected chi connectivity index (χ0v) is 11.3. The number of rotatable bonds is 3. The molecule has 1 aromatic carbocycles. The van der Waals surface area contributed by atoms with Gasteiger partial charge in [-0.05, 0) is 24.3 Å². The smallest absolute Gasteiger partial charge is 0.356 e. The summed E-state index contributed by atoms with van der Waals surface area (Å²) < 4.78 is 0. The van der Waals surface area contributed by atoms with Crippen molar-refractivity contribution in [2.24, 2.45) is 0 Å². The van der Waals surface area contributed by atoms with E-state index in [1.54, 1.807) is 12.1 Å². The van der Waals surface area contributed by atoms with Gasteiger partial charge < -0.3 is 5.11 Å². The Morgan fingerprint density at radius 3 is 2.50 bits per heavy atom. The quantitative estimate of drug-likeness (QED) is 0.921. The van der Waals surface area contributed by atoms with E-state index in [-0.39, 0.29) is 10.7 Å². The minimum atomic E-state index is -1.15. The summed E-state index contributed by atoms with van der Waals surface area (Å²) in [5, 5.41) is 10.2. The van der Waals surface area contributed by atoms with Crippen LogP contribution in [0.3, 0.4) is 0 Å². The standard InChI is InChI=1S/C12H7Cl2NO2S/c13-7-3-1-2-4-9(7)18-10-6-5-8(14)11(15-10)12(16)17/h1-6H,(H,16,17). The Morgan fingerprint density at radius 1 is 1.11 bits per heavy atom. The van der Waals surface area contributed by atoms with Crippen molar-refractivity contribution < 1.29 is 9.90 Å². The fourth-order valence-electron chi connectivity index (χ4n) is 1.27. The van der Waals surface area contributed by atoms with E-state index < -0.39 is 5.97 Å². The van der Waals surface area contributed by atoms with Crippen molar-refractivity contribution in [1.82, 2.24) is 4.98 Å². The molecule has 0 saturated heterocycles. The number of halogens is 2. The fourth-order valence-corrected chi connectivity index (χ4v) is 2.52. The van der Waals surface area contributed by atoms with Gasteiger partial charge in [0.05, 0.1) is 10.0 Å². The van der Waals surface area contributed by atoms with Crippen LogP contribution in [0.1, 0.15) is 10.5 Å². The number of pyridine rings is 1. The Hall–Kier alpha value is -1.23. The Kier molecular flexibility index (Phi) is 4.11. The van der Waals surface area contributed by atoms with Gasteiger partial charge in [-0.3, -0.25) is 0 Å². The summed E-state index contributed by atoms with van der Waals surface area (Å²) in [4.78, 5) is 15.7. The normalized spacial score (nSPS) is 10.3. The molecule has 0 radical (unpaired) electrons. The molecule has 3 nitrogen and oxygen atoms in total. The van der Waals surface area contributed by atoms with E-state index in [0.717, 1.165) is 4.90 Å². The summed E-state index contributed by atoms with van der Waals surface area (Å²) in [5.74, 6) is -1.15. The Bertz CT molecular complexity index is 604. The van der Waals surface area contributed by atoms with Crippen LogP contribution in [0.25, 0.3) is 0 Å². The molecule has 1 N–H and O–H groups in total. The molecule has 6 heteroatoms. The van der Waals surface area contributed by atoms with Crippen molar-refractivity contribution in [1.29, 1.82) is 0 Å². The third-order valence-corrected chi connectivity index (χ3v) is 3.83. The van der Waals surface area contributed by atoms with Crippen molar-refractivity contribution in [3.63, 3.8) is 0 Å². The Labute approximate surface area is 118 Å². The second-order valence-electron chi connectivity index (χ2n) is 3.32. The maximum atomic E-state index is 10.9. The van der Waals surface area contributed by atoms with Gasteiger partial charge in [0.15, 0.2) is 5.69 Å². The lowest BCUT2D eigenvalue weighted by Gasteiger charge is -2.04. The molecule has 0 unspecified atom stereocenters. The Morgan fingerprint density at radius 2 is 1.83 bits per heavy atom. The number of hydrogen-bond donors (Lipinski definition) is 1. The molecule has 1 aromatic heterocycles. The lowest BCUT2D eigenvalue weighted by molar-refractivity contribution is 0.0690. The third kappa shape index (κ3) is 2.96. The number of carbonyl (C=O) groups is 1. The molecule has 1 heterocycles. The van der Waals surface area contributed by atoms with Crippen molar-refractivity contribution in [3.05, 3.63) is 52.1 Å². The zero-order valence-electron chi connectivity index (χ0n) is 8.93. The van der Waals surface area contributed by atoms with Crippen LogP contribution in [0.2, 0.25) is 10.0 Å². The summed E-state index contributed by atoms with van der Waals surface area (Å²) >= 11 is 13.1. The predicted molar refractivity (Wildman–Crippen MR) is 71.8 cm³/mol. The lowest BCUT2D eigenvalue weighted by atomic mass is 10.3. The maximum absolute atomic E-state index is 10.9. The molecule has 18 heavy (non-hydrogen) atoms. The second kappa shape index (κ2) is 5.61. The molecule has 2 aromatic rings. The summed E-state index contributed by atoms with van der Waals surface area (Å²) in [6.07, 6.45) is 0. The van der Waals surface area contributed by atoms with Crippen LogP contribution >= 0.6 is 35.0 Å². The third-order valence-electron chi connectivity index (χ3n) is 2.07. The highest BCUT2D eigenvalue weighted by Crippen LogP contribution is 2.32. The molecular weight excluding hydrogens is 293 g/mol. The van der Waals surface area contributed by atoms with Gasteiger partial charge in [-0.15, -0.1) is 0 Å². The number of aromatic nitrogens is 1. The summed E-state index contributed by atoms with van der Waals surface area (Å²) in [5.41, 5.74) is -0.159. The van der Waals surface area contributed by atoms with Crippen molar-refractivity contribution in [2.45, 2.75) is 9.92 Å². The average molecular weight is 300 g/mol. The first kappa shape index (κ1) is 13.2. The van der Waals surface area contributed by atoms with Crippen LogP contribution in [0.15, 0.2) is 46.3 Å². The molecule has 0 aliphatic rings. The van der Waals surface area contributed by atoms with E-state index in [4.69, 9.17) is 28.3 Å². The van der Waals surface area contributed by atoms with Crippen LogP contribution in [-0.4, -0.2) is 16.1 Å². The summed E-state index contributed by atoms with van der Waals surface area (Å²) in [7, 11) is 0. The van der Waals surface area contributed by atoms with Gasteiger partial charge in [0.25, 0.3) is 0 Å². The number of aromatic carboxylic acids is 1. The van der Waals surface area contributed by atoms with Crippen molar-refractivity contribution in [2.75, 3.05) is 0 Å². The topological polar surface area (TPSA) is 50.2 Å². The van der Waals surface area contributed by atoms with Gasteiger partial charge >= 0.3 is 5.97 Å². The van der Waals surface area contributed by atoms with E-state index in [1.807, 2.05) is 18.2 Å². The molecule has 0 atom stereocenters. The highest BCUT2D eigenvalue weighted by atomic mass is 35.5. The first-order chi connectivity index (χ1) is 8.58. The first-order valence-electron chi connectivity index (χ1n) is 4.90. The zero-order chi connectivity index (χ0) is 13.1. The van der Waals surface area contributed by atoms with E-state index in [0.29, 0.717) is 10.0 Å². The molecule has 2 rings (SSSR count).